The molecule has 2 aromatic rings. The number of carboxylic acids is 1. The van der Waals surface area contributed by atoms with Gasteiger partial charge < -0.3 is 20.3 Å². The first-order valence-electron chi connectivity index (χ1n) is 6.51. The number of carbonyl (C=O) groups is 2. The summed E-state index contributed by atoms with van der Waals surface area (Å²) in [5, 5.41) is 20.8. The molecular weight excluding hydrogens is 286 g/mol. The minimum absolute atomic E-state index is 0.100. The lowest BCUT2D eigenvalue weighted by Crippen LogP contribution is -2.21. The van der Waals surface area contributed by atoms with E-state index in [1.807, 2.05) is 19.1 Å². The van der Waals surface area contributed by atoms with Crippen molar-refractivity contribution in [3.63, 3.8) is 0 Å². The second kappa shape index (κ2) is 6.62. The van der Waals surface area contributed by atoms with Crippen LogP contribution in [-0.4, -0.2) is 28.7 Å². The molecule has 0 saturated heterocycles. The molecule has 114 valence electrons. The van der Waals surface area contributed by atoms with Gasteiger partial charge in [-0.3, -0.25) is 4.79 Å². The summed E-state index contributed by atoms with van der Waals surface area (Å²) >= 11 is 0. The van der Waals surface area contributed by atoms with Gasteiger partial charge in [0.05, 0.1) is 11.3 Å². The molecule has 0 heterocycles. The van der Waals surface area contributed by atoms with Crippen LogP contribution in [0.3, 0.4) is 0 Å². The monoisotopic (exact) mass is 301 g/mol. The van der Waals surface area contributed by atoms with Gasteiger partial charge in [0, 0.05) is 0 Å². The quantitative estimate of drug-likeness (QED) is 0.737. The summed E-state index contributed by atoms with van der Waals surface area (Å²) in [5.41, 5.74) is 0.914. The fraction of sp³-hybridized carbons (Fsp3) is 0.125. The van der Waals surface area contributed by atoms with Crippen molar-refractivity contribution < 1.29 is 24.5 Å². The lowest BCUT2D eigenvalue weighted by atomic mass is 10.1. The number of nitrogens with one attached hydrogen (secondary N) is 1. The number of rotatable bonds is 5. The van der Waals surface area contributed by atoms with E-state index in [4.69, 9.17) is 9.84 Å². The number of ether oxygens (including phenoxy) is 1. The second-order valence-electron chi connectivity index (χ2n) is 4.69. The Bertz CT molecular complexity index is 711. The van der Waals surface area contributed by atoms with Gasteiger partial charge in [-0.2, -0.15) is 0 Å². The number of anilines is 1. The fourth-order valence-corrected chi connectivity index (χ4v) is 1.86. The fourth-order valence-electron chi connectivity index (χ4n) is 1.86. The van der Waals surface area contributed by atoms with E-state index in [-0.39, 0.29) is 23.6 Å². The summed E-state index contributed by atoms with van der Waals surface area (Å²) in [6.07, 6.45) is 0. The summed E-state index contributed by atoms with van der Waals surface area (Å²) in [6, 6.07) is 10.9. The third-order valence-electron chi connectivity index (χ3n) is 2.87. The first kappa shape index (κ1) is 15.4. The van der Waals surface area contributed by atoms with Crippen molar-refractivity contribution in [1.29, 1.82) is 0 Å². The zero-order chi connectivity index (χ0) is 16.1. The Morgan fingerprint density at radius 1 is 1.18 bits per heavy atom. The molecule has 0 aliphatic carbocycles. The minimum Gasteiger partial charge on any atom is -0.508 e. The Morgan fingerprint density at radius 2 is 1.95 bits per heavy atom. The Labute approximate surface area is 127 Å². The molecule has 2 aromatic carbocycles. The van der Waals surface area contributed by atoms with E-state index >= 15 is 0 Å². The highest BCUT2D eigenvalue weighted by atomic mass is 16.5. The summed E-state index contributed by atoms with van der Waals surface area (Å²) in [7, 11) is 0. The number of phenolic OH excluding ortho intramolecular Hbond substituents is 1. The van der Waals surface area contributed by atoms with Crippen LogP contribution in [-0.2, 0) is 4.79 Å². The topological polar surface area (TPSA) is 95.9 Å². The van der Waals surface area contributed by atoms with Crippen molar-refractivity contribution in [2.24, 2.45) is 0 Å². The minimum atomic E-state index is -1.24. The van der Waals surface area contributed by atoms with Crippen LogP contribution in [0.15, 0.2) is 42.5 Å². The molecule has 0 unspecified atom stereocenters. The third kappa shape index (κ3) is 3.99. The summed E-state index contributed by atoms with van der Waals surface area (Å²) in [5.74, 6) is -1.37. The molecule has 0 atom stereocenters. The molecule has 0 fully saturated rings. The Morgan fingerprint density at radius 3 is 2.64 bits per heavy atom. The van der Waals surface area contributed by atoms with Crippen molar-refractivity contribution >= 4 is 17.6 Å². The van der Waals surface area contributed by atoms with Gasteiger partial charge >= 0.3 is 5.97 Å². The number of carbonyl (C=O) groups excluding carboxylic acids is 1. The number of benzene rings is 2. The normalized spacial score (nSPS) is 10.0. The van der Waals surface area contributed by atoms with Gasteiger partial charge in [-0.15, -0.1) is 0 Å². The van der Waals surface area contributed by atoms with E-state index in [0.29, 0.717) is 5.75 Å². The van der Waals surface area contributed by atoms with Crippen LogP contribution < -0.4 is 10.1 Å². The number of aromatic carboxylic acids is 1. The van der Waals surface area contributed by atoms with E-state index in [2.05, 4.69) is 5.32 Å². The maximum Gasteiger partial charge on any atom is 0.337 e. The molecule has 0 aromatic heterocycles. The molecular formula is C16H15NO5. The van der Waals surface area contributed by atoms with Gasteiger partial charge in [0.2, 0.25) is 0 Å². The Hall–Kier alpha value is -3.02. The van der Waals surface area contributed by atoms with E-state index in [0.717, 1.165) is 11.6 Å². The van der Waals surface area contributed by atoms with E-state index in [1.54, 1.807) is 12.1 Å². The highest BCUT2D eigenvalue weighted by Gasteiger charge is 2.13. The average Bonchev–Trinajstić information content (AvgIpc) is 2.47. The standard InChI is InChI=1S/C16H15NO5/c1-10-3-2-4-12(7-10)22-9-15(19)17-14-6-5-11(18)8-13(14)16(20)21/h2-8,18H,9H2,1H3,(H,17,19)(H,20,21). The predicted molar refractivity (Wildman–Crippen MR) is 80.4 cm³/mol. The molecule has 0 radical (unpaired) electrons. The summed E-state index contributed by atoms with van der Waals surface area (Å²) < 4.78 is 5.34. The second-order valence-corrected chi connectivity index (χ2v) is 4.69. The highest BCUT2D eigenvalue weighted by Crippen LogP contribution is 2.21. The summed E-state index contributed by atoms with van der Waals surface area (Å²) in [4.78, 5) is 22.9. The number of aryl methyl sites for hydroxylation is 1. The molecule has 6 heteroatoms. The highest BCUT2D eigenvalue weighted by molar-refractivity contribution is 6.01. The molecule has 0 spiro atoms. The van der Waals surface area contributed by atoms with E-state index in [1.165, 1.54) is 12.1 Å². The molecule has 0 aliphatic rings. The van der Waals surface area contributed by atoms with Crippen LogP contribution in [0.2, 0.25) is 0 Å². The number of carboxylic acid groups (broad SMARTS) is 1. The van der Waals surface area contributed by atoms with Crippen LogP contribution in [0.1, 0.15) is 15.9 Å². The predicted octanol–water partition coefficient (Wildman–Crippen LogP) is 2.42. The number of phenols is 1. The maximum absolute atomic E-state index is 11.8. The smallest absolute Gasteiger partial charge is 0.337 e. The van der Waals surface area contributed by atoms with Crippen molar-refractivity contribution in [3.8, 4) is 11.5 Å². The van der Waals surface area contributed by atoms with Crippen molar-refractivity contribution in [2.75, 3.05) is 11.9 Å². The maximum atomic E-state index is 11.8. The molecule has 3 N–H and O–H groups in total. The van der Waals surface area contributed by atoms with Gasteiger partial charge in [-0.1, -0.05) is 12.1 Å². The third-order valence-corrected chi connectivity index (χ3v) is 2.87. The number of hydrogen-bond acceptors (Lipinski definition) is 4. The van der Waals surface area contributed by atoms with Gasteiger partial charge in [0.1, 0.15) is 11.5 Å². The zero-order valence-corrected chi connectivity index (χ0v) is 11.9. The van der Waals surface area contributed by atoms with Crippen LogP contribution >= 0.6 is 0 Å². The van der Waals surface area contributed by atoms with Crippen LogP contribution in [0.5, 0.6) is 11.5 Å². The first-order valence-corrected chi connectivity index (χ1v) is 6.51. The molecule has 22 heavy (non-hydrogen) atoms. The SMILES string of the molecule is Cc1cccc(OCC(=O)Nc2ccc(O)cc2C(=O)O)c1. The van der Waals surface area contributed by atoms with Crippen LogP contribution in [0, 0.1) is 6.92 Å². The molecule has 2 rings (SSSR count). The van der Waals surface area contributed by atoms with Gasteiger partial charge in [-0.05, 0) is 42.8 Å². The Kier molecular flexibility index (Phi) is 4.63. The lowest BCUT2D eigenvalue weighted by Gasteiger charge is -2.10. The first-order chi connectivity index (χ1) is 10.5. The average molecular weight is 301 g/mol. The number of amides is 1. The summed E-state index contributed by atoms with van der Waals surface area (Å²) in [6.45, 7) is 1.66. The van der Waals surface area contributed by atoms with Gasteiger partial charge in [-0.25, -0.2) is 4.79 Å². The van der Waals surface area contributed by atoms with E-state index < -0.39 is 11.9 Å². The molecule has 0 bridgehead atoms. The van der Waals surface area contributed by atoms with Crippen molar-refractivity contribution in [2.45, 2.75) is 6.92 Å². The number of hydrogen-bond donors (Lipinski definition) is 3. The lowest BCUT2D eigenvalue weighted by molar-refractivity contribution is -0.118. The molecule has 0 aliphatic heterocycles. The molecule has 1 amide bonds. The van der Waals surface area contributed by atoms with Crippen LogP contribution in [0.25, 0.3) is 0 Å². The van der Waals surface area contributed by atoms with Crippen molar-refractivity contribution in [1.82, 2.24) is 0 Å². The molecule has 6 nitrogen and oxygen atoms in total. The van der Waals surface area contributed by atoms with Crippen LogP contribution in [0.4, 0.5) is 5.69 Å². The number of aromatic hydroxyl groups is 1. The van der Waals surface area contributed by atoms with Gasteiger partial charge in [0.25, 0.3) is 5.91 Å². The Balaban J connectivity index is 2.02. The zero-order valence-electron chi connectivity index (χ0n) is 11.9. The van der Waals surface area contributed by atoms with Gasteiger partial charge in [0.15, 0.2) is 6.61 Å². The van der Waals surface area contributed by atoms with E-state index in [9.17, 15) is 14.7 Å². The molecule has 0 saturated carbocycles. The largest absolute Gasteiger partial charge is 0.508 e. The van der Waals surface area contributed by atoms with Crippen molar-refractivity contribution in [3.05, 3.63) is 53.6 Å².